The summed E-state index contributed by atoms with van der Waals surface area (Å²) in [6.07, 6.45) is 19.4. The van der Waals surface area contributed by atoms with E-state index in [0.29, 0.717) is 0 Å². The van der Waals surface area contributed by atoms with Crippen LogP contribution in [0, 0.1) is 10.1 Å². The van der Waals surface area contributed by atoms with Gasteiger partial charge in [0.1, 0.15) is 6.54 Å². The number of unbranched alkanes of at least 4 members (excludes halogenated alkanes) is 13. The third-order valence-corrected chi connectivity index (χ3v) is 5.85. The van der Waals surface area contributed by atoms with E-state index >= 15 is 0 Å². The minimum Gasteiger partial charge on any atom is -0.325 e. The van der Waals surface area contributed by atoms with Crippen molar-refractivity contribution >= 4 is 5.69 Å². The lowest BCUT2D eigenvalue weighted by molar-refractivity contribution is -0.903. The largest absolute Gasteiger partial charge is 0.325 e. The molecule has 0 amide bonds. The molecule has 0 saturated heterocycles. The summed E-state index contributed by atoms with van der Waals surface area (Å²) in [6.45, 7) is 4.25. The zero-order valence-corrected chi connectivity index (χ0v) is 19.3. The summed E-state index contributed by atoms with van der Waals surface area (Å²) in [6, 6.07) is 7.07. The van der Waals surface area contributed by atoms with Crippen molar-refractivity contribution in [2.45, 2.75) is 103 Å². The van der Waals surface area contributed by atoms with E-state index in [0.717, 1.165) is 23.1 Å². The Morgan fingerprint density at radius 2 is 1.28 bits per heavy atom. The van der Waals surface area contributed by atoms with Gasteiger partial charge in [-0.2, -0.15) is 0 Å². The van der Waals surface area contributed by atoms with Crippen LogP contribution in [0.3, 0.4) is 0 Å². The van der Waals surface area contributed by atoms with Gasteiger partial charge in [-0.05, 0) is 12.8 Å². The standard InChI is InChI=1S/C25H45N2O2/c1-4-5-6-7-8-9-10-11-12-13-14-15-16-17-21-27(2,3)23-24-19-18-20-25(22-24)26(28)29/h18-20,22H,4-17,21,23H2,1-3H3/q+1. The maximum Gasteiger partial charge on any atom is 0.269 e. The van der Waals surface area contributed by atoms with Gasteiger partial charge < -0.3 is 4.48 Å². The Morgan fingerprint density at radius 3 is 1.76 bits per heavy atom. The van der Waals surface area contributed by atoms with Crippen LogP contribution in [0.2, 0.25) is 0 Å². The molecule has 0 atom stereocenters. The molecule has 0 radical (unpaired) electrons. The van der Waals surface area contributed by atoms with Gasteiger partial charge in [0.25, 0.3) is 5.69 Å². The maximum atomic E-state index is 10.9. The molecule has 0 fully saturated rings. The molecule has 0 aromatic heterocycles. The molecule has 4 nitrogen and oxygen atoms in total. The van der Waals surface area contributed by atoms with Crippen molar-refractivity contribution < 1.29 is 9.41 Å². The van der Waals surface area contributed by atoms with Gasteiger partial charge in [0.15, 0.2) is 0 Å². The van der Waals surface area contributed by atoms with E-state index in [4.69, 9.17) is 0 Å². The molecular weight excluding hydrogens is 360 g/mol. The van der Waals surface area contributed by atoms with E-state index in [-0.39, 0.29) is 10.6 Å². The predicted octanol–water partition coefficient (Wildman–Crippen LogP) is 7.65. The van der Waals surface area contributed by atoms with Crippen molar-refractivity contribution in [1.29, 1.82) is 0 Å². The van der Waals surface area contributed by atoms with Crippen molar-refractivity contribution in [3.05, 3.63) is 39.9 Å². The summed E-state index contributed by atoms with van der Waals surface area (Å²) < 4.78 is 0.888. The van der Waals surface area contributed by atoms with E-state index in [9.17, 15) is 10.1 Å². The summed E-state index contributed by atoms with van der Waals surface area (Å²) in [5.41, 5.74) is 1.24. The molecule has 0 heterocycles. The van der Waals surface area contributed by atoms with Crippen LogP contribution >= 0.6 is 0 Å². The van der Waals surface area contributed by atoms with Gasteiger partial charge in [0.2, 0.25) is 0 Å². The van der Waals surface area contributed by atoms with Gasteiger partial charge in [-0.15, -0.1) is 0 Å². The summed E-state index contributed by atoms with van der Waals surface area (Å²) in [7, 11) is 4.45. The average Bonchev–Trinajstić information content (AvgIpc) is 2.68. The van der Waals surface area contributed by atoms with Gasteiger partial charge in [-0.25, -0.2) is 0 Å². The minimum absolute atomic E-state index is 0.194. The fourth-order valence-electron chi connectivity index (χ4n) is 4.08. The van der Waals surface area contributed by atoms with Crippen LogP contribution in [0.1, 0.15) is 102 Å². The molecule has 0 saturated carbocycles. The normalized spacial score (nSPS) is 11.7. The molecule has 0 aliphatic rings. The molecule has 1 aromatic rings. The molecule has 0 unspecified atom stereocenters. The number of nitro benzene ring substituents is 1. The van der Waals surface area contributed by atoms with E-state index in [2.05, 4.69) is 21.0 Å². The van der Waals surface area contributed by atoms with Gasteiger partial charge in [-0.1, -0.05) is 96.1 Å². The molecule has 0 N–H and O–H groups in total. The van der Waals surface area contributed by atoms with E-state index < -0.39 is 0 Å². The highest BCUT2D eigenvalue weighted by molar-refractivity contribution is 5.33. The zero-order valence-electron chi connectivity index (χ0n) is 19.3. The summed E-state index contributed by atoms with van der Waals surface area (Å²) in [4.78, 5) is 10.6. The Hall–Kier alpha value is -1.42. The number of hydrogen-bond donors (Lipinski definition) is 0. The number of rotatable bonds is 18. The molecule has 0 bridgehead atoms. The third kappa shape index (κ3) is 13.4. The van der Waals surface area contributed by atoms with Crippen LogP contribution in [-0.2, 0) is 6.54 Å². The lowest BCUT2D eigenvalue weighted by Gasteiger charge is -2.30. The Balaban J connectivity index is 2.01. The first-order valence-electron chi connectivity index (χ1n) is 12.0. The van der Waals surface area contributed by atoms with Crippen molar-refractivity contribution in [2.24, 2.45) is 0 Å². The topological polar surface area (TPSA) is 43.1 Å². The molecule has 0 aliphatic heterocycles. The van der Waals surface area contributed by atoms with E-state index in [1.54, 1.807) is 18.2 Å². The second-order valence-electron chi connectivity index (χ2n) is 9.34. The number of quaternary nitrogens is 1. The van der Waals surface area contributed by atoms with Crippen LogP contribution in [0.4, 0.5) is 5.69 Å². The number of hydrogen-bond acceptors (Lipinski definition) is 2. The lowest BCUT2D eigenvalue weighted by Crippen LogP contribution is -2.39. The minimum atomic E-state index is -0.308. The van der Waals surface area contributed by atoms with Gasteiger partial charge in [0, 0.05) is 17.7 Å². The molecule has 166 valence electrons. The van der Waals surface area contributed by atoms with Crippen LogP contribution in [-0.4, -0.2) is 30.0 Å². The van der Waals surface area contributed by atoms with Crippen molar-refractivity contribution in [3.63, 3.8) is 0 Å². The van der Waals surface area contributed by atoms with Crippen LogP contribution in [0.5, 0.6) is 0 Å². The number of nitrogens with zero attached hydrogens (tertiary/aromatic N) is 2. The number of non-ortho nitro benzene ring substituents is 1. The summed E-state index contributed by atoms with van der Waals surface area (Å²) in [5, 5.41) is 10.9. The van der Waals surface area contributed by atoms with Crippen LogP contribution in [0.15, 0.2) is 24.3 Å². The molecule has 29 heavy (non-hydrogen) atoms. The van der Waals surface area contributed by atoms with Crippen LogP contribution in [0.25, 0.3) is 0 Å². The third-order valence-electron chi connectivity index (χ3n) is 5.85. The zero-order chi connectivity index (χ0) is 21.4. The van der Waals surface area contributed by atoms with Crippen LogP contribution < -0.4 is 0 Å². The average molecular weight is 406 g/mol. The smallest absolute Gasteiger partial charge is 0.269 e. The van der Waals surface area contributed by atoms with E-state index in [1.165, 1.54) is 89.9 Å². The predicted molar refractivity (Wildman–Crippen MR) is 124 cm³/mol. The first-order chi connectivity index (χ1) is 13.9. The monoisotopic (exact) mass is 405 g/mol. The number of benzene rings is 1. The highest BCUT2D eigenvalue weighted by Gasteiger charge is 2.17. The quantitative estimate of drug-likeness (QED) is 0.109. The highest BCUT2D eigenvalue weighted by Crippen LogP contribution is 2.18. The Labute approximate surface area is 179 Å². The van der Waals surface area contributed by atoms with Crippen molar-refractivity contribution in [3.8, 4) is 0 Å². The fraction of sp³-hybridized carbons (Fsp3) is 0.760. The molecular formula is C25H45N2O2+. The fourth-order valence-corrected chi connectivity index (χ4v) is 4.08. The molecule has 0 spiro atoms. The van der Waals surface area contributed by atoms with Gasteiger partial charge in [-0.3, -0.25) is 10.1 Å². The molecule has 1 aromatic carbocycles. The van der Waals surface area contributed by atoms with Crippen molar-refractivity contribution in [2.75, 3.05) is 20.6 Å². The Morgan fingerprint density at radius 1 is 0.793 bits per heavy atom. The summed E-state index contributed by atoms with van der Waals surface area (Å²) in [5.74, 6) is 0. The second-order valence-corrected chi connectivity index (χ2v) is 9.34. The van der Waals surface area contributed by atoms with Gasteiger partial charge >= 0.3 is 0 Å². The van der Waals surface area contributed by atoms with Gasteiger partial charge in [0.05, 0.1) is 25.6 Å². The highest BCUT2D eigenvalue weighted by atomic mass is 16.6. The summed E-state index contributed by atoms with van der Waals surface area (Å²) >= 11 is 0. The first-order valence-corrected chi connectivity index (χ1v) is 12.0. The Bertz CT molecular complexity index is 558. The van der Waals surface area contributed by atoms with Crippen molar-refractivity contribution in [1.82, 2.24) is 0 Å². The SMILES string of the molecule is CCCCCCCCCCCCCCCC[N+](C)(C)Cc1cccc([N+](=O)[O-])c1. The lowest BCUT2D eigenvalue weighted by atomic mass is 10.0. The number of nitro groups is 1. The second kappa shape index (κ2) is 15.4. The maximum absolute atomic E-state index is 10.9. The molecule has 0 aliphatic carbocycles. The first kappa shape index (κ1) is 25.6. The molecule has 1 rings (SSSR count). The molecule has 4 heteroatoms. The van der Waals surface area contributed by atoms with E-state index in [1.807, 2.05) is 6.07 Å². The Kier molecular flexibility index (Phi) is 13.6.